The maximum atomic E-state index is 12.4. The van der Waals surface area contributed by atoms with Crippen LogP contribution < -0.4 is 9.05 Å². The molecule has 0 saturated heterocycles. The van der Waals surface area contributed by atoms with Crippen molar-refractivity contribution in [1.82, 2.24) is 0 Å². The lowest BCUT2D eigenvalue weighted by atomic mass is 10.2. The average molecular weight is 370 g/mol. The first-order valence-electron chi connectivity index (χ1n) is 6.25. The number of alkyl halides is 6. The molecule has 0 aliphatic rings. The largest absolute Gasteiger partial charge is 0.460 e. The first-order chi connectivity index (χ1) is 11.1. The minimum Gasteiger partial charge on any atom is -0.418 e. The van der Waals surface area contributed by atoms with Crippen LogP contribution in [-0.4, -0.2) is 4.89 Å². The van der Waals surface area contributed by atoms with Crippen molar-refractivity contribution in [2.24, 2.45) is 0 Å². The number of hydrogen-bond donors (Lipinski definition) is 1. The predicted octanol–water partition coefficient (Wildman–Crippen LogP) is 5.40. The Bertz CT molecular complexity index is 607. The lowest BCUT2D eigenvalue weighted by Gasteiger charge is -2.13. The van der Waals surface area contributed by atoms with E-state index in [2.05, 4.69) is 0 Å². The lowest BCUT2D eigenvalue weighted by molar-refractivity contribution is -0.138. The third-order valence-corrected chi connectivity index (χ3v) is 3.46. The highest BCUT2D eigenvalue weighted by Gasteiger charge is 2.31. The standard InChI is InChI=1S/C14H9F6O3P/c15-13(16,17)9-1-5-11(6-2-9)22-24(21)23-12-7-3-10(4-8-12)14(18,19)20/h1-8,21H. The fraction of sp³-hybridized carbons (Fsp3) is 0.143. The van der Waals surface area contributed by atoms with Crippen molar-refractivity contribution in [2.45, 2.75) is 12.4 Å². The molecule has 0 unspecified atom stereocenters. The van der Waals surface area contributed by atoms with Crippen LogP contribution in [0.25, 0.3) is 0 Å². The number of halogens is 6. The fourth-order valence-corrected chi connectivity index (χ4v) is 2.25. The third-order valence-electron chi connectivity index (χ3n) is 2.73. The molecular weight excluding hydrogens is 361 g/mol. The van der Waals surface area contributed by atoms with E-state index in [1.807, 2.05) is 0 Å². The minimum atomic E-state index is -4.50. The van der Waals surface area contributed by atoms with E-state index in [-0.39, 0.29) is 11.5 Å². The summed E-state index contributed by atoms with van der Waals surface area (Å²) in [6.45, 7) is 0. The molecule has 0 atom stereocenters. The van der Waals surface area contributed by atoms with E-state index >= 15 is 0 Å². The zero-order valence-corrected chi connectivity index (χ0v) is 12.5. The third kappa shape index (κ3) is 5.01. The summed E-state index contributed by atoms with van der Waals surface area (Å²) < 4.78 is 84.2. The second-order valence-corrected chi connectivity index (χ2v) is 5.31. The van der Waals surface area contributed by atoms with E-state index in [9.17, 15) is 31.2 Å². The summed E-state index contributed by atoms with van der Waals surface area (Å²) in [6, 6.07) is 7.00. The van der Waals surface area contributed by atoms with Gasteiger partial charge >= 0.3 is 21.0 Å². The molecule has 1 N–H and O–H groups in total. The Hall–Kier alpha value is -1.99. The van der Waals surface area contributed by atoms with Gasteiger partial charge in [-0.15, -0.1) is 0 Å². The van der Waals surface area contributed by atoms with Crippen LogP contribution in [0.15, 0.2) is 48.5 Å². The predicted molar refractivity (Wildman–Crippen MR) is 73.3 cm³/mol. The van der Waals surface area contributed by atoms with E-state index in [1.165, 1.54) is 0 Å². The summed E-state index contributed by atoms with van der Waals surface area (Å²) in [7, 11) is -2.57. The summed E-state index contributed by atoms with van der Waals surface area (Å²) in [5.41, 5.74) is -1.78. The monoisotopic (exact) mass is 370 g/mol. The van der Waals surface area contributed by atoms with E-state index in [0.717, 1.165) is 48.5 Å². The van der Waals surface area contributed by atoms with E-state index in [1.54, 1.807) is 0 Å². The average Bonchev–Trinajstić information content (AvgIpc) is 2.46. The molecule has 0 aliphatic heterocycles. The van der Waals surface area contributed by atoms with Crippen LogP contribution in [0, 0.1) is 0 Å². The Kier molecular flexibility index (Phi) is 5.25. The highest BCUT2D eigenvalue weighted by molar-refractivity contribution is 7.41. The first kappa shape index (κ1) is 18.4. The molecule has 3 nitrogen and oxygen atoms in total. The molecule has 0 saturated carbocycles. The Morgan fingerprint density at radius 1 is 0.625 bits per heavy atom. The van der Waals surface area contributed by atoms with Crippen molar-refractivity contribution < 1.29 is 40.3 Å². The highest BCUT2D eigenvalue weighted by atomic mass is 31.2. The molecule has 2 rings (SSSR count). The molecule has 10 heteroatoms. The van der Waals surface area contributed by atoms with Gasteiger partial charge in [0.15, 0.2) is 0 Å². The lowest BCUT2D eigenvalue weighted by Crippen LogP contribution is -2.04. The molecule has 0 heterocycles. The summed E-state index contributed by atoms with van der Waals surface area (Å²) in [5, 5.41) is 0. The van der Waals surface area contributed by atoms with Gasteiger partial charge in [-0.1, -0.05) is 0 Å². The van der Waals surface area contributed by atoms with Crippen molar-refractivity contribution in [2.75, 3.05) is 0 Å². The van der Waals surface area contributed by atoms with E-state index in [0.29, 0.717) is 0 Å². The quantitative estimate of drug-likeness (QED) is 0.579. The molecule has 0 spiro atoms. The molecule has 0 aromatic heterocycles. The van der Waals surface area contributed by atoms with Gasteiger partial charge in [-0.2, -0.15) is 26.3 Å². The molecule has 2 aromatic carbocycles. The molecule has 0 bridgehead atoms. The second kappa shape index (κ2) is 6.86. The van der Waals surface area contributed by atoms with E-state index < -0.39 is 32.1 Å². The van der Waals surface area contributed by atoms with Crippen molar-refractivity contribution in [3.63, 3.8) is 0 Å². The van der Waals surface area contributed by atoms with Crippen molar-refractivity contribution in [3.05, 3.63) is 59.7 Å². The second-order valence-electron chi connectivity index (χ2n) is 4.46. The van der Waals surface area contributed by atoms with Gasteiger partial charge in [0, 0.05) is 0 Å². The van der Waals surface area contributed by atoms with Gasteiger partial charge in [0.1, 0.15) is 11.5 Å². The highest BCUT2D eigenvalue weighted by Crippen LogP contribution is 2.38. The van der Waals surface area contributed by atoms with Crippen LogP contribution in [0.1, 0.15) is 11.1 Å². The Morgan fingerprint density at radius 2 is 0.917 bits per heavy atom. The molecule has 130 valence electrons. The zero-order valence-electron chi connectivity index (χ0n) is 11.6. The molecule has 0 amide bonds. The Balaban J connectivity index is 1.97. The van der Waals surface area contributed by atoms with Crippen molar-refractivity contribution in [1.29, 1.82) is 0 Å². The van der Waals surface area contributed by atoms with Gasteiger partial charge in [-0.3, -0.25) is 0 Å². The van der Waals surface area contributed by atoms with Gasteiger partial charge in [-0.25, -0.2) is 0 Å². The van der Waals surface area contributed by atoms with Crippen LogP contribution in [0.5, 0.6) is 11.5 Å². The van der Waals surface area contributed by atoms with Gasteiger partial charge < -0.3 is 13.9 Å². The van der Waals surface area contributed by atoms with Crippen molar-refractivity contribution >= 4 is 8.60 Å². The van der Waals surface area contributed by atoms with Crippen molar-refractivity contribution in [3.8, 4) is 11.5 Å². The van der Waals surface area contributed by atoms with Crippen LogP contribution in [0.3, 0.4) is 0 Å². The van der Waals surface area contributed by atoms with Crippen LogP contribution in [0.4, 0.5) is 26.3 Å². The fourth-order valence-electron chi connectivity index (χ4n) is 1.61. The molecular formula is C14H9F6O3P. The van der Waals surface area contributed by atoms with Crippen LogP contribution in [-0.2, 0) is 12.4 Å². The Morgan fingerprint density at radius 3 is 1.17 bits per heavy atom. The summed E-state index contributed by atoms with van der Waals surface area (Å²) in [5.74, 6) is -0.160. The zero-order chi connectivity index (χ0) is 18.0. The molecule has 0 aliphatic carbocycles. The smallest absolute Gasteiger partial charge is 0.418 e. The minimum absolute atomic E-state index is 0.0801. The Labute approximate surface area is 133 Å². The molecule has 0 radical (unpaired) electrons. The SMILES string of the molecule is OP(Oc1ccc(C(F)(F)F)cc1)Oc1ccc(C(F)(F)F)cc1. The molecule has 24 heavy (non-hydrogen) atoms. The van der Waals surface area contributed by atoms with Crippen LogP contribution in [0.2, 0.25) is 0 Å². The summed E-state index contributed by atoms with van der Waals surface area (Å²) >= 11 is 0. The van der Waals surface area contributed by atoms with E-state index in [4.69, 9.17) is 9.05 Å². The number of rotatable bonds is 4. The topological polar surface area (TPSA) is 38.7 Å². The molecule has 2 aromatic rings. The molecule has 0 fully saturated rings. The maximum absolute atomic E-state index is 12.4. The number of benzene rings is 2. The summed E-state index contributed by atoms with van der Waals surface area (Å²) in [4.78, 5) is 9.59. The summed E-state index contributed by atoms with van der Waals surface area (Å²) in [6.07, 6.45) is -9.00. The van der Waals surface area contributed by atoms with Gasteiger partial charge in [-0.05, 0) is 48.5 Å². The number of hydrogen-bond acceptors (Lipinski definition) is 3. The van der Waals surface area contributed by atoms with Gasteiger partial charge in [0.2, 0.25) is 0 Å². The van der Waals surface area contributed by atoms with Gasteiger partial charge in [0.25, 0.3) is 0 Å². The maximum Gasteiger partial charge on any atom is 0.460 e. The normalized spacial score (nSPS) is 12.3. The first-order valence-corrected chi connectivity index (χ1v) is 7.38. The van der Waals surface area contributed by atoms with Crippen LogP contribution >= 0.6 is 8.60 Å². The van der Waals surface area contributed by atoms with Gasteiger partial charge in [0.05, 0.1) is 11.1 Å².